The van der Waals surface area contributed by atoms with E-state index in [1.807, 2.05) is 23.9 Å². The maximum Gasteiger partial charge on any atom is 0.170 e. The summed E-state index contributed by atoms with van der Waals surface area (Å²) in [5.74, 6) is 3.77. The summed E-state index contributed by atoms with van der Waals surface area (Å²) in [6.07, 6.45) is 0. The van der Waals surface area contributed by atoms with Crippen LogP contribution in [0.15, 0.2) is 29.4 Å². The zero-order valence-electron chi connectivity index (χ0n) is 10.8. The van der Waals surface area contributed by atoms with Crippen LogP contribution in [0.25, 0.3) is 0 Å². The lowest BCUT2D eigenvalue weighted by molar-refractivity contribution is 0.318. The quantitative estimate of drug-likeness (QED) is 0.262. The average molecular weight is 268 g/mol. The summed E-state index contributed by atoms with van der Waals surface area (Å²) in [5, 5.41) is 11.5. The van der Waals surface area contributed by atoms with Gasteiger partial charge in [-0.15, -0.1) is 0 Å². The molecule has 0 saturated heterocycles. The van der Waals surface area contributed by atoms with Crippen molar-refractivity contribution in [3.8, 4) is 5.75 Å². The third kappa shape index (κ3) is 5.31. The molecule has 100 valence electrons. The molecule has 0 atom stereocenters. The van der Waals surface area contributed by atoms with Gasteiger partial charge in [0.15, 0.2) is 5.84 Å². The Morgan fingerprint density at radius 1 is 1.39 bits per heavy atom. The van der Waals surface area contributed by atoms with E-state index in [0.717, 1.165) is 23.2 Å². The van der Waals surface area contributed by atoms with Gasteiger partial charge in [-0.05, 0) is 35.9 Å². The van der Waals surface area contributed by atoms with Crippen LogP contribution in [0.4, 0.5) is 0 Å². The van der Waals surface area contributed by atoms with Crippen molar-refractivity contribution in [1.29, 1.82) is 0 Å². The van der Waals surface area contributed by atoms with Crippen LogP contribution < -0.4 is 10.5 Å². The summed E-state index contributed by atoms with van der Waals surface area (Å²) < 4.78 is 5.59. The molecule has 0 fully saturated rings. The lowest BCUT2D eigenvalue weighted by Gasteiger charge is -2.07. The monoisotopic (exact) mass is 268 g/mol. The Morgan fingerprint density at radius 2 is 2.06 bits per heavy atom. The number of benzene rings is 1. The van der Waals surface area contributed by atoms with Crippen molar-refractivity contribution in [3.63, 3.8) is 0 Å². The van der Waals surface area contributed by atoms with E-state index in [1.165, 1.54) is 0 Å². The third-order valence-corrected chi connectivity index (χ3v) is 3.56. The van der Waals surface area contributed by atoms with Gasteiger partial charge in [-0.25, -0.2) is 0 Å². The second-order valence-electron chi connectivity index (χ2n) is 4.33. The largest absolute Gasteiger partial charge is 0.493 e. The zero-order chi connectivity index (χ0) is 13.4. The van der Waals surface area contributed by atoms with Crippen LogP contribution in [0.2, 0.25) is 0 Å². The summed E-state index contributed by atoms with van der Waals surface area (Å²) in [4.78, 5) is 0. The number of oxime groups is 1. The Balaban J connectivity index is 2.31. The van der Waals surface area contributed by atoms with Crippen molar-refractivity contribution in [2.75, 3.05) is 18.1 Å². The second kappa shape index (κ2) is 7.87. The molecule has 0 aromatic heterocycles. The average Bonchev–Trinajstić information content (AvgIpc) is 2.38. The number of hydrogen-bond acceptors (Lipinski definition) is 4. The minimum absolute atomic E-state index is 0.106. The first-order valence-electron chi connectivity index (χ1n) is 5.92. The molecule has 4 nitrogen and oxygen atoms in total. The number of nitrogens with two attached hydrogens (primary N) is 1. The highest BCUT2D eigenvalue weighted by atomic mass is 32.2. The molecule has 1 aromatic carbocycles. The first kappa shape index (κ1) is 14.7. The summed E-state index contributed by atoms with van der Waals surface area (Å²) in [6, 6.07) is 7.18. The smallest absolute Gasteiger partial charge is 0.170 e. The Bertz CT molecular complexity index is 377. The Labute approximate surface area is 112 Å². The highest BCUT2D eigenvalue weighted by Crippen LogP contribution is 2.13. The van der Waals surface area contributed by atoms with E-state index < -0.39 is 0 Å². The van der Waals surface area contributed by atoms with Crippen LogP contribution in [-0.4, -0.2) is 29.2 Å². The molecule has 1 rings (SSSR count). The minimum Gasteiger partial charge on any atom is -0.493 e. The Kier molecular flexibility index (Phi) is 6.43. The number of ether oxygens (including phenoxy) is 1. The van der Waals surface area contributed by atoms with Gasteiger partial charge < -0.3 is 15.7 Å². The van der Waals surface area contributed by atoms with E-state index in [4.69, 9.17) is 15.7 Å². The number of thioether (sulfide) groups is 1. The molecular weight excluding hydrogens is 248 g/mol. The first-order chi connectivity index (χ1) is 8.63. The van der Waals surface area contributed by atoms with Crippen LogP contribution in [0, 0.1) is 5.92 Å². The lowest BCUT2D eigenvalue weighted by atomic mass is 10.2. The van der Waals surface area contributed by atoms with Gasteiger partial charge in [0.25, 0.3) is 0 Å². The van der Waals surface area contributed by atoms with Crippen molar-refractivity contribution >= 4 is 17.6 Å². The van der Waals surface area contributed by atoms with Crippen LogP contribution in [0.3, 0.4) is 0 Å². The number of rotatable bonds is 7. The van der Waals surface area contributed by atoms with Gasteiger partial charge in [0.2, 0.25) is 0 Å². The number of nitrogens with zero attached hydrogens (tertiary/aromatic N) is 1. The van der Waals surface area contributed by atoms with Gasteiger partial charge in [-0.2, -0.15) is 11.8 Å². The SMILES string of the molecule is CC(C)CSCCOc1ccc(/C(N)=N/O)cc1. The molecule has 0 spiro atoms. The molecule has 3 N–H and O–H groups in total. The van der Waals surface area contributed by atoms with Crippen molar-refractivity contribution in [3.05, 3.63) is 29.8 Å². The van der Waals surface area contributed by atoms with Crippen LogP contribution in [0.5, 0.6) is 5.75 Å². The maximum atomic E-state index is 8.53. The normalized spacial score (nSPS) is 11.8. The third-order valence-electron chi connectivity index (χ3n) is 2.21. The van der Waals surface area contributed by atoms with Crippen LogP contribution in [0.1, 0.15) is 19.4 Å². The first-order valence-corrected chi connectivity index (χ1v) is 7.07. The fraction of sp³-hybridized carbons (Fsp3) is 0.462. The minimum atomic E-state index is 0.106. The van der Waals surface area contributed by atoms with Crippen molar-refractivity contribution in [2.24, 2.45) is 16.8 Å². The molecule has 1 aromatic rings. The Morgan fingerprint density at radius 3 is 2.61 bits per heavy atom. The Hall–Kier alpha value is -1.36. The molecule has 0 amide bonds. The maximum absolute atomic E-state index is 8.53. The predicted molar refractivity (Wildman–Crippen MR) is 76.6 cm³/mol. The van der Waals surface area contributed by atoms with Crippen LogP contribution >= 0.6 is 11.8 Å². The van der Waals surface area contributed by atoms with Gasteiger partial charge in [-0.1, -0.05) is 19.0 Å². The molecule has 18 heavy (non-hydrogen) atoms. The summed E-state index contributed by atoms with van der Waals surface area (Å²) >= 11 is 1.90. The summed E-state index contributed by atoms with van der Waals surface area (Å²) in [5.41, 5.74) is 6.15. The van der Waals surface area contributed by atoms with Crippen molar-refractivity contribution in [1.82, 2.24) is 0 Å². The highest BCUT2D eigenvalue weighted by molar-refractivity contribution is 7.99. The van der Waals surface area contributed by atoms with E-state index in [1.54, 1.807) is 12.1 Å². The van der Waals surface area contributed by atoms with Crippen molar-refractivity contribution in [2.45, 2.75) is 13.8 Å². The topological polar surface area (TPSA) is 67.8 Å². The standard InChI is InChI=1S/C13H20N2O2S/c1-10(2)9-18-8-7-17-12-5-3-11(4-6-12)13(14)15-16/h3-6,10,16H,7-9H2,1-2H3,(H2,14,15). The van der Waals surface area contributed by atoms with Gasteiger partial charge in [0, 0.05) is 11.3 Å². The fourth-order valence-corrected chi connectivity index (χ4v) is 2.16. The van der Waals surface area contributed by atoms with Crippen molar-refractivity contribution < 1.29 is 9.94 Å². The van der Waals surface area contributed by atoms with Gasteiger partial charge in [0.1, 0.15) is 5.75 Å². The molecule has 0 aliphatic heterocycles. The van der Waals surface area contributed by atoms with E-state index in [-0.39, 0.29) is 5.84 Å². The van der Waals surface area contributed by atoms with E-state index in [0.29, 0.717) is 12.2 Å². The highest BCUT2D eigenvalue weighted by Gasteiger charge is 2.00. The van der Waals surface area contributed by atoms with Gasteiger partial charge >= 0.3 is 0 Å². The summed E-state index contributed by atoms with van der Waals surface area (Å²) in [7, 11) is 0. The predicted octanol–water partition coefficient (Wildman–Crippen LogP) is 2.55. The van der Waals surface area contributed by atoms with Gasteiger partial charge in [0.05, 0.1) is 6.61 Å². The number of hydrogen-bond donors (Lipinski definition) is 2. The molecule has 0 bridgehead atoms. The van der Waals surface area contributed by atoms with Crippen LogP contribution in [-0.2, 0) is 0 Å². The molecule has 0 aliphatic carbocycles. The molecule has 0 radical (unpaired) electrons. The molecule has 0 saturated carbocycles. The zero-order valence-corrected chi connectivity index (χ0v) is 11.6. The second-order valence-corrected chi connectivity index (χ2v) is 5.48. The van der Waals surface area contributed by atoms with E-state index in [9.17, 15) is 0 Å². The molecule has 0 aliphatic rings. The molecule has 0 heterocycles. The summed E-state index contributed by atoms with van der Waals surface area (Å²) in [6.45, 7) is 5.11. The fourth-order valence-electron chi connectivity index (χ4n) is 1.32. The lowest BCUT2D eigenvalue weighted by Crippen LogP contribution is -2.12. The molecular formula is C13H20N2O2S. The van der Waals surface area contributed by atoms with E-state index in [2.05, 4.69) is 19.0 Å². The molecule has 0 unspecified atom stereocenters. The molecule has 5 heteroatoms. The van der Waals surface area contributed by atoms with Gasteiger partial charge in [-0.3, -0.25) is 0 Å². The number of amidine groups is 1. The van der Waals surface area contributed by atoms with E-state index >= 15 is 0 Å².